The van der Waals surface area contributed by atoms with Crippen molar-refractivity contribution >= 4 is 5.97 Å². The van der Waals surface area contributed by atoms with Crippen molar-refractivity contribution in [2.45, 2.75) is 335 Å². The fourth-order valence-corrected chi connectivity index (χ4v) is 17.8. The van der Waals surface area contributed by atoms with E-state index in [4.69, 9.17) is 85.3 Å². The number of methoxy groups -OCH3 is 5. The standard InChI is InChI=1S/C67H110O28/c1-16-30(2)60(74)90-45-28-44-63(9)19-18-38(23-37(63)17-20-66(44,76)67(77)22-21-65(75,36(8)69)64(45,67)10)88-46-24-39(78-11)54(31(3)83-46)91-47-25-40(79-12)55(32(4)84-47)92-48-26-41(80-13)57(34(6)85-48)95-62-53(73)59(82-15)58(35(7)87-62)93-49-27-42(81-14)56(33(5)86-49)94-61-52(72)51(71)50(70)43(29-68)89-61/h16-17,31-36,38-59,61-62,68-73,75-77H,18-29H2,1-15H3/b30-16+/t31-,32-,33-,34-,35-,36+,38+,39+,40+,41-,42+,43-,44-,45-,46+,47+,48+,49+,50-,51+,52-,53-,54-,55-,56-,57-,58-,59+,61+,62+,63+,64-,65-,66+,67+/m1/s1. The molecule has 35 atom stereocenters. The van der Waals surface area contributed by atoms with Crippen molar-refractivity contribution < 1.29 is 136 Å². The zero-order chi connectivity index (χ0) is 69.2. The van der Waals surface area contributed by atoms with Crippen LogP contribution in [0.4, 0.5) is 0 Å². The third kappa shape index (κ3) is 13.8. The molecule has 9 N–H and O–H groups in total. The number of allylic oxidation sites excluding steroid dienone is 1. The van der Waals surface area contributed by atoms with Gasteiger partial charge in [-0.15, -0.1) is 0 Å². The Morgan fingerprint density at radius 1 is 0.589 bits per heavy atom. The predicted molar refractivity (Wildman–Crippen MR) is 329 cm³/mol. The molecule has 0 aromatic carbocycles. The van der Waals surface area contributed by atoms with E-state index in [9.17, 15) is 50.8 Å². The van der Waals surface area contributed by atoms with Crippen LogP contribution in [0, 0.1) is 16.7 Å². The Labute approximate surface area is 557 Å². The van der Waals surface area contributed by atoms with Crippen LogP contribution in [0.15, 0.2) is 23.3 Å². The maximum Gasteiger partial charge on any atom is 0.333 e. The Morgan fingerprint density at radius 2 is 1.05 bits per heavy atom. The Kier molecular flexibility index (Phi) is 23.9. The number of hydrogen-bond acceptors (Lipinski definition) is 28. The zero-order valence-electron chi connectivity index (χ0n) is 57.7. The number of aliphatic hydroxyl groups excluding tert-OH is 6. The monoisotopic (exact) mass is 1360 g/mol. The molecule has 0 amide bonds. The highest BCUT2D eigenvalue weighted by Crippen LogP contribution is 2.71. The van der Waals surface area contributed by atoms with E-state index < -0.39 is 218 Å². The molecule has 0 unspecified atom stereocenters. The lowest BCUT2D eigenvalue weighted by atomic mass is 9.42. The van der Waals surface area contributed by atoms with E-state index in [1.165, 1.54) is 21.1 Å². The number of esters is 1. The maximum atomic E-state index is 13.5. The third-order valence-corrected chi connectivity index (χ3v) is 23.7. The van der Waals surface area contributed by atoms with Gasteiger partial charge >= 0.3 is 5.97 Å². The highest BCUT2D eigenvalue weighted by molar-refractivity contribution is 5.87. The Balaban J connectivity index is 0.705. The Morgan fingerprint density at radius 3 is 1.52 bits per heavy atom. The van der Waals surface area contributed by atoms with E-state index in [0.717, 1.165) is 5.57 Å². The van der Waals surface area contributed by atoms with E-state index in [0.29, 0.717) is 37.7 Å². The van der Waals surface area contributed by atoms with Crippen LogP contribution in [-0.2, 0) is 90.1 Å². The molecule has 6 aliphatic heterocycles. The van der Waals surface area contributed by atoms with Crippen LogP contribution >= 0.6 is 0 Å². The minimum atomic E-state index is -1.91. The first-order valence-electron chi connectivity index (χ1n) is 34.1. The number of ether oxygens (including phenoxy) is 18. The van der Waals surface area contributed by atoms with E-state index >= 15 is 0 Å². The summed E-state index contributed by atoms with van der Waals surface area (Å²) < 4.78 is 113. The van der Waals surface area contributed by atoms with E-state index in [-0.39, 0.29) is 44.6 Å². The summed E-state index contributed by atoms with van der Waals surface area (Å²) in [6, 6.07) is 0. The third-order valence-electron chi connectivity index (χ3n) is 23.7. The summed E-state index contributed by atoms with van der Waals surface area (Å²) in [5, 5.41) is 102. The van der Waals surface area contributed by atoms with Crippen molar-refractivity contribution in [1.82, 2.24) is 0 Å². The summed E-state index contributed by atoms with van der Waals surface area (Å²) in [5.74, 6) is -1.14. The van der Waals surface area contributed by atoms with Crippen LogP contribution in [0.3, 0.4) is 0 Å². The van der Waals surface area contributed by atoms with Crippen molar-refractivity contribution in [3.05, 3.63) is 23.3 Å². The first-order chi connectivity index (χ1) is 44.9. The molecule has 0 bridgehead atoms. The fraction of sp³-hybridized carbons (Fsp3) is 0.925. The number of fused-ring (bicyclic) bond motifs is 5. The fourth-order valence-electron chi connectivity index (χ4n) is 17.8. The van der Waals surface area contributed by atoms with Crippen molar-refractivity contribution in [2.24, 2.45) is 16.7 Å². The molecule has 9 fully saturated rings. The molecular formula is C67H110O28. The molecular weight excluding hydrogens is 1250 g/mol. The topological polar surface area (TPSA) is 365 Å². The van der Waals surface area contributed by atoms with Gasteiger partial charge in [-0.1, -0.05) is 31.6 Å². The lowest BCUT2D eigenvalue weighted by Gasteiger charge is -2.67. The predicted octanol–water partition coefficient (Wildman–Crippen LogP) is 1.61. The summed E-state index contributed by atoms with van der Waals surface area (Å²) >= 11 is 0. The summed E-state index contributed by atoms with van der Waals surface area (Å²) in [6.07, 6.45) is -18.7. The van der Waals surface area contributed by atoms with Gasteiger partial charge in [-0.05, 0) is 106 Å². The van der Waals surface area contributed by atoms with Gasteiger partial charge in [-0.2, -0.15) is 0 Å². The molecule has 10 aliphatic rings. The molecule has 0 radical (unpaired) electrons. The Bertz CT molecular complexity index is 2620. The molecule has 6 heterocycles. The number of carbonyl (C=O) groups excluding carboxylic acids is 1. The van der Waals surface area contributed by atoms with Crippen LogP contribution in [0.2, 0.25) is 0 Å². The van der Waals surface area contributed by atoms with Crippen LogP contribution in [0.5, 0.6) is 0 Å². The number of carbonyl (C=O) groups is 1. The molecule has 28 nitrogen and oxygen atoms in total. The second-order valence-corrected chi connectivity index (χ2v) is 28.8. The van der Waals surface area contributed by atoms with E-state index in [2.05, 4.69) is 6.92 Å². The molecule has 3 saturated carbocycles. The molecule has 0 aromatic heterocycles. The molecule has 0 aromatic rings. The maximum absolute atomic E-state index is 13.5. The quantitative estimate of drug-likeness (QED) is 0.0448. The van der Waals surface area contributed by atoms with Crippen LogP contribution in [-0.4, -0.2) is 289 Å². The van der Waals surface area contributed by atoms with Gasteiger partial charge in [0, 0.05) is 72.7 Å². The molecule has 10 rings (SSSR count). The second-order valence-electron chi connectivity index (χ2n) is 28.8. The average molecular weight is 1360 g/mol. The summed E-state index contributed by atoms with van der Waals surface area (Å²) in [7, 11) is 7.71. The largest absolute Gasteiger partial charge is 0.458 e. The van der Waals surface area contributed by atoms with Crippen molar-refractivity contribution in [2.75, 3.05) is 42.2 Å². The molecule has 4 aliphatic carbocycles. The van der Waals surface area contributed by atoms with Crippen molar-refractivity contribution in [3.63, 3.8) is 0 Å². The van der Waals surface area contributed by atoms with Crippen LogP contribution in [0.1, 0.15) is 140 Å². The van der Waals surface area contributed by atoms with Gasteiger partial charge in [0.25, 0.3) is 0 Å². The molecule has 6 saturated heterocycles. The first kappa shape index (κ1) is 75.6. The lowest BCUT2D eigenvalue weighted by molar-refractivity contribution is -0.372. The Hall–Kier alpha value is -2.09. The van der Waals surface area contributed by atoms with Crippen LogP contribution in [0.25, 0.3) is 0 Å². The van der Waals surface area contributed by atoms with Gasteiger partial charge in [-0.25, -0.2) is 4.79 Å². The van der Waals surface area contributed by atoms with E-state index in [1.807, 2.05) is 26.8 Å². The summed E-state index contributed by atoms with van der Waals surface area (Å²) in [5.41, 5.74) is -6.25. The number of aliphatic hydroxyl groups is 9. The van der Waals surface area contributed by atoms with Gasteiger partial charge in [-0.3, -0.25) is 0 Å². The average Bonchev–Trinajstić information content (AvgIpc) is 1.59. The number of hydrogen-bond donors (Lipinski definition) is 9. The molecule has 95 heavy (non-hydrogen) atoms. The molecule has 546 valence electrons. The zero-order valence-corrected chi connectivity index (χ0v) is 57.7. The first-order valence-corrected chi connectivity index (χ1v) is 34.1. The highest BCUT2D eigenvalue weighted by atomic mass is 16.8. The van der Waals surface area contributed by atoms with Gasteiger partial charge in [0.05, 0.1) is 79.2 Å². The van der Waals surface area contributed by atoms with Gasteiger partial charge in [0.1, 0.15) is 90.1 Å². The smallest absolute Gasteiger partial charge is 0.333 e. The van der Waals surface area contributed by atoms with E-state index in [1.54, 1.807) is 62.0 Å². The van der Waals surface area contributed by atoms with Crippen LogP contribution < -0.4 is 0 Å². The van der Waals surface area contributed by atoms with Gasteiger partial charge in [0.2, 0.25) is 0 Å². The lowest BCUT2D eigenvalue weighted by Crippen LogP contribution is -2.78. The minimum Gasteiger partial charge on any atom is -0.458 e. The highest BCUT2D eigenvalue weighted by Gasteiger charge is 2.81. The summed E-state index contributed by atoms with van der Waals surface area (Å²) in [6.45, 7) is 17.1. The normalized spacial score (nSPS) is 51.6. The summed E-state index contributed by atoms with van der Waals surface area (Å²) in [4.78, 5) is 13.5. The second kappa shape index (κ2) is 30.1. The minimum absolute atomic E-state index is 0.00609. The van der Waals surface area contributed by atoms with Gasteiger partial charge < -0.3 is 131 Å². The van der Waals surface area contributed by atoms with Gasteiger partial charge in [0.15, 0.2) is 37.7 Å². The van der Waals surface area contributed by atoms with Crippen molar-refractivity contribution in [3.8, 4) is 0 Å². The number of rotatable bonds is 21. The molecule has 28 heteroatoms. The van der Waals surface area contributed by atoms with Crippen molar-refractivity contribution in [1.29, 1.82) is 0 Å². The molecule has 0 spiro atoms. The SMILES string of the molecule is C/C=C(\C)C(=O)O[C@@H]1C[C@@H]2[C@@]3(C)CC[C@H](O[C@H]4C[C@H](OC)[C@H](O[C@H]5C[C@H](OC)[C@H](O[C@H]6C[C@@H](OC)[C@H](O[C@@H]7O[C@H](C)[C@@H](O[C@H]8C[C@H](OC)[C@H](O[C@@H]9O[C@H](CO)[C@@H](O)[C@H](O)[C@H]9O)[C@@H](C)O8)[C@@H](OC)[C@H]7O)[C@@H](C)O6)[C@@H](C)O5)[C@@H](C)O4)CC3=CC[C@@]2(O)[C@]2(O)CC[C@@](O)([C@H](C)O)[C@@]12C.